The zero-order valence-corrected chi connectivity index (χ0v) is 14.0. The Balaban J connectivity index is 2.49. The summed E-state index contributed by atoms with van der Waals surface area (Å²) in [5.41, 5.74) is -0.0829. The predicted molar refractivity (Wildman–Crippen MR) is 86.9 cm³/mol. The van der Waals surface area contributed by atoms with Crippen molar-refractivity contribution in [2.75, 3.05) is 6.61 Å². The van der Waals surface area contributed by atoms with Gasteiger partial charge in [-0.15, -0.1) is 0 Å². The number of benzene rings is 1. The molecule has 0 bridgehead atoms. The number of rotatable bonds is 6. The molecule has 0 radical (unpaired) electrons. The summed E-state index contributed by atoms with van der Waals surface area (Å²) in [6.07, 6.45) is 0.752. The Bertz CT molecular complexity index is 555. The van der Waals surface area contributed by atoms with Gasteiger partial charge in [0.1, 0.15) is 0 Å². The van der Waals surface area contributed by atoms with Crippen molar-refractivity contribution in [1.29, 1.82) is 0 Å². The van der Waals surface area contributed by atoms with Crippen LogP contribution in [0, 0.1) is 0 Å². The number of nitrogens with one attached hydrogen (secondary N) is 2. The summed E-state index contributed by atoms with van der Waals surface area (Å²) in [6.45, 7) is 6.69. The number of amides is 3. The minimum Gasteiger partial charge on any atom is -0.455 e. The molecule has 1 aromatic carbocycles. The van der Waals surface area contributed by atoms with Gasteiger partial charge in [0.2, 0.25) is 0 Å². The molecule has 1 aromatic rings. The number of hydrogen-bond donors (Lipinski definition) is 2. The Kier molecular flexibility index (Phi) is 6.75. The van der Waals surface area contributed by atoms with Gasteiger partial charge < -0.3 is 10.1 Å². The molecule has 6 nitrogen and oxygen atoms in total. The first-order valence-corrected chi connectivity index (χ1v) is 7.60. The average Bonchev–Trinajstić information content (AvgIpc) is 2.52. The second-order valence-electron chi connectivity index (χ2n) is 5.90. The summed E-state index contributed by atoms with van der Waals surface area (Å²) in [6, 6.07) is 8.52. The van der Waals surface area contributed by atoms with Crippen LogP contribution in [-0.4, -0.2) is 30.6 Å². The predicted octanol–water partition coefficient (Wildman–Crippen LogP) is 2.13. The van der Waals surface area contributed by atoms with Crippen LogP contribution in [0.4, 0.5) is 4.79 Å². The number of ether oxygens (including phenoxy) is 1. The highest BCUT2D eigenvalue weighted by atomic mass is 16.5. The number of hydrogen-bond acceptors (Lipinski definition) is 4. The van der Waals surface area contributed by atoms with Crippen LogP contribution >= 0.6 is 0 Å². The van der Waals surface area contributed by atoms with E-state index in [1.54, 1.807) is 13.8 Å². The van der Waals surface area contributed by atoms with Crippen molar-refractivity contribution in [2.45, 2.75) is 45.6 Å². The maximum atomic E-state index is 12.2. The number of carbonyl (C=O) groups is 3. The van der Waals surface area contributed by atoms with Crippen LogP contribution in [0.3, 0.4) is 0 Å². The van der Waals surface area contributed by atoms with Crippen molar-refractivity contribution in [3.05, 3.63) is 35.9 Å². The van der Waals surface area contributed by atoms with Crippen LogP contribution in [0.25, 0.3) is 0 Å². The molecule has 0 spiro atoms. The van der Waals surface area contributed by atoms with Gasteiger partial charge >= 0.3 is 12.0 Å². The Labute approximate surface area is 136 Å². The summed E-state index contributed by atoms with van der Waals surface area (Å²) >= 11 is 0. The van der Waals surface area contributed by atoms with E-state index in [4.69, 9.17) is 4.74 Å². The third-order valence-electron chi connectivity index (χ3n) is 3.58. The van der Waals surface area contributed by atoms with Crippen LogP contribution in [0.2, 0.25) is 0 Å². The van der Waals surface area contributed by atoms with Gasteiger partial charge in [-0.3, -0.25) is 14.9 Å². The Morgan fingerprint density at radius 2 is 1.78 bits per heavy atom. The van der Waals surface area contributed by atoms with Crippen LogP contribution in [0.5, 0.6) is 0 Å². The largest absolute Gasteiger partial charge is 0.455 e. The zero-order valence-electron chi connectivity index (χ0n) is 14.0. The number of esters is 1. The summed E-state index contributed by atoms with van der Waals surface area (Å²) in [4.78, 5) is 35.3. The summed E-state index contributed by atoms with van der Waals surface area (Å²) in [5, 5.41) is 4.72. The molecule has 0 aromatic heterocycles. The topological polar surface area (TPSA) is 84.5 Å². The molecule has 1 rings (SSSR count). The van der Waals surface area contributed by atoms with Crippen molar-refractivity contribution in [2.24, 2.45) is 0 Å². The van der Waals surface area contributed by atoms with Crippen LogP contribution in [-0.2, 0) is 19.7 Å². The second kappa shape index (κ2) is 8.31. The van der Waals surface area contributed by atoms with E-state index in [0.29, 0.717) is 0 Å². The lowest BCUT2D eigenvalue weighted by molar-refractivity contribution is -0.153. The first-order valence-electron chi connectivity index (χ1n) is 7.60. The lowest BCUT2D eigenvalue weighted by atomic mass is 9.85. The van der Waals surface area contributed by atoms with Gasteiger partial charge in [-0.05, 0) is 32.8 Å². The maximum absolute atomic E-state index is 12.2. The molecule has 0 heterocycles. The van der Waals surface area contributed by atoms with Crippen molar-refractivity contribution in [3.8, 4) is 0 Å². The van der Waals surface area contributed by atoms with E-state index >= 15 is 0 Å². The second-order valence-corrected chi connectivity index (χ2v) is 5.90. The van der Waals surface area contributed by atoms with Crippen LogP contribution < -0.4 is 10.6 Å². The van der Waals surface area contributed by atoms with E-state index in [2.05, 4.69) is 10.6 Å². The van der Waals surface area contributed by atoms with Gasteiger partial charge in [-0.25, -0.2) is 4.79 Å². The first-order chi connectivity index (χ1) is 10.8. The molecule has 0 unspecified atom stereocenters. The SMILES string of the molecule is CC[C@@H](C)NC(=O)NC(=O)COC(=O)C(C)(C)c1ccccc1. The minimum atomic E-state index is -0.874. The normalized spacial score (nSPS) is 12.2. The molecule has 0 fully saturated rings. The van der Waals surface area contributed by atoms with Gasteiger partial charge in [0.25, 0.3) is 5.91 Å². The van der Waals surface area contributed by atoms with E-state index < -0.39 is 29.9 Å². The zero-order chi connectivity index (χ0) is 17.5. The molecule has 23 heavy (non-hydrogen) atoms. The molecule has 0 saturated carbocycles. The molecule has 6 heteroatoms. The number of carbonyl (C=O) groups excluding carboxylic acids is 3. The fraction of sp³-hybridized carbons (Fsp3) is 0.471. The molecule has 3 amide bonds. The van der Waals surface area contributed by atoms with Crippen LogP contribution in [0.1, 0.15) is 39.7 Å². The first kappa shape index (κ1) is 18.7. The van der Waals surface area contributed by atoms with Gasteiger partial charge in [0, 0.05) is 6.04 Å². The van der Waals surface area contributed by atoms with E-state index in [9.17, 15) is 14.4 Å². The molecular formula is C17H24N2O4. The van der Waals surface area contributed by atoms with Gasteiger partial charge in [-0.2, -0.15) is 0 Å². The van der Waals surface area contributed by atoms with Crippen LogP contribution in [0.15, 0.2) is 30.3 Å². The van der Waals surface area contributed by atoms with Gasteiger partial charge in [-0.1, -0.05) is 37.3 Å². The maximum Gasteiger partial charge on any atom is 0.321 e. The van der Waals surface area contributed by atoms with E-state index in [1.165, 1.54) is 0 Å². The third kappa shape index (κ3) is 5.73. The Morgan fingerprint density at radius 1 is 1.17 bits per heavy atom. The van der Waals surface area contributed by atoms with E-state index in [0.717, 1.165) is 12.0 Å². The van der Waals surface area contributed by atoms with Crippen molar-refractivity contribution < 1.29 is 19.1 Å². The fourth-order valence-corrected chi connectivity index (χ4v) is 1.81. The van der Waals surface area contributed by atoms with Crippen molar-refractivity contribution in [3.63, 3.8) is 0 Å². The van der Waals surface area contributed by atoms with Gasteiger partial charge in [0.05, 0.1) is 5.41 Å². The highest BCUT2D eigenvalue weighted by Gasteiger charge is 2.31. The molecule has 2 N–H and O–H groups in total. The molecule has 1 atom stereocenters. The fourth-order valence-electron chi connectivity index (χ4n) is 1.81. The molecular weight excluding hydrogens is 296 g/mol. The van der Waals surface area contributed by atoms with E-state index in [1.807, 2.05) is 44.2 Å². The smallest absolute Gasteiger partial charge is 0.321 e. The van der Waals surface area contributed by atoms with E-state index in [-0.39, 0.29) is 6.04 Å². The summed E-state index contributed by atoms with van der Waals surface area (Å²) in [5.74, 6) is -1.19. The van der Waals surface area contributed by atoms with Crippen molar-refractivity contribution >= 4 is 17.9 Å². The average molecular weight is 320 g/mol. The summed E-state index contributed by atoms with van der Waals surface area (Å²) in [7, 11) is 0. The summed E-state index contributed by atoms with van der Waals surface area (Å²) < 4.78 is 5.02. The van der Waals surface area contributed by atoms with Gasteiger partial charge in [0.15, 0.2) is 6.61 Å². The minimum absolute atomic E-state index is 0.0395. The molecule has 0 saturated heterocycles. The van der Waals surface area contributed by atoms with Crippen molar-refractivity contribution in [1.82, 2.24) is 10.6 Å². The molecule has 0 aliphatic heterocycles. The standard InChI is InChI=1S/C17H24N2O4/c1-5-12(2)18-16(22)19-14(20)11-23-15(21)17(3,4)13-9-7-6-8-10-13/h6-10,12H,5,11H2,1-4H3,(H2,18,19,20,22)/t12-/m1/s1. The lowest BCUT2D eigenvalue weighted by Crippen LogP contribution is -2.45. The number of urea groups is 1. The molecule has 126 valence electrons. The third-order valence-corrected chi connectivity index (χ3v) is 3.58. The highest BCUT2D eigenvalue weighted by Crippen LogP contribution is 2.24. The highest BCUT2D eigenvalue weighted by molar-refractivity contribution is 5.96. The number of imide groups is 1. The monoisotopic (exact) mass is 320 g/mol. The quantitative estimate of drug-likeness (QED) is 0.786. The molecule has 0 aliphatic rings. The molecule has 0 aliphatic carbocycles. The Hall–Kier alpha value is -2.37. The Morgan fingerprint density at radius 3 is 2.35 bits per heavy atom. The lowest BCUT2D eigenvalue weighted by Gasteiger charge is -2.22.